The Kier molecular flexibility index (Phi) is 6.25. The lowest BCUT2D eigenvalue weighted by Crippen LogP contribution is -2.68. The quantitative estimate of drug-likeness (QED) is 0.443. The van der Waals surface area contributed by atoms with Gasteiger partial charge in [0.05, 0.1) is 31.3 Å². The largest absolute Gasteiger partial charge is 0.507 e. The van der Waals surface area contributed by atoms with Crippen molar-refractivity contribution in [1.29, 1.82) is 5.26 Å². The molecule has 0 saturated carbocycles. The van der Waals surface area contributed by atoms with Gasteiger partial charge in [0.15, 0.2) is 23.0 Å². The summed E-state index contributed by atoms with van der Waals surface area (Å²) in [5, 5.41) is 36.5. The van der Waals surface area contributed by atoms with Crippen LogP contribution in [-0.2, 0) is 17.6 Å². The molecule has 4 aliphatic heterocycles. The molecule has 6 rings (SSSR count). The minimum absolute atomic E-state index is 0.0183. The Morgan fingerprint density at radius 1 is 1.23 bits per heavy atom. The number of nitrogens with two attached hydrogens (primary N) is 1. The molecule has 0 radical (unpaired) electrons. The number of likely N-dealkylation sites (N-methyl/N-ethyl adjacent to an activating group) is 1. The predicted octanol–water partition coefficient (Wildman–Crippen LogP) is 1.69. The number of nitrogens with one attached hydrogen (secondary N) is 1. The Balaban J connectivity index is 1.58. The van der Waals surface area contributed by atoms with E-state index in [1.54, 1.807) is 21.0 Å². The molecule has 40 heavy (non-hydrogen) atoms. The van der Waals surface area contributed by atoms with Gasteiger partial charge >= 0.3 is 0 Å². The Hall–Kier alpha value is -3.72. The molecule has 11 nitrogen and oxygen atoms in total. The van der Waals surface area contributed by atoms with Gasteiger partial charge in [-0.25, -0.2) is 0 Å². The van der Waals surface area contributed by atoms with E-state index in [1.807, 2.05) is 20.0 Å². The summed E-state index contributed by atoms with van der Waals surface area (Å²) >= 11 is 0. The highest BCUT2D eigenvalue weighted by Crippen LogP contribution is 2.58. The molecule has 212 valence electrons. The van der Waals surface area contributed by atoms with Crippen LogP contribution in [0.2, 0.25) is 0 Å². The molecule has 11 heteroatoms. The average Bonchev–Trinajstić information content (AvgIpc) is 3.41. The fourth-order valence-electron chi connectivity index (χ4n) is 7.40. The van der Waals surface area contributed by atoms with Crippen LogP contribution in [0.15, 0.2) is 6.07 Å². The number of hydrogen-bond acceptors (Lipinski definition) is 10. The van der Waals surface area contributed by atoms with E-state index < -0.39 is 18.1 Å². The number of hydrogen-bond donors (Lipinski definition) is 4. The normalized spacial score (nSPS) is 27.2. The molecule has 1 fully saturated rings. The molecule has 1 unspecified atom stereocenters. The smallest absolute Gasteiger partial charge is 0.236 e. The summed E-state index contributed by atoms with van der Waals surface area (Å²) in [6.45, 7) is 5.48. The number of amides is 1. The number of benzene rings is 2. The maximum atomic E-state index is 12.6. The number of nitrogens with zero attached hydrogens (tertiary/aromatic N) is 3. The van der Waals surface area contributed by atoms with Crippen LogP contribution < -0.4 is 25.3 Å². The highest BCUT2D eigenvalue weighted by molar-refractivity contribution is 5.81. The van der Waals surface area contributed by atoms with Gasteiger partial charge in [0.25, 0.3) is 0 Å². The van der Waals surface area contributed by atoms with Gasteiger partial charge in [0, 0.05) is 40.9 Å². The molecule has 2 aromatic rings. The van der Waals surface area contributed by atoms with Crippen molar-refractivity contribution < 1.29 is 29.2 Å². The second-order valence-electron chi connectivity index (χ2n) is 11.3. The molecule has 0 aliphatic carbocycles. The van der Waals surface area contributed by atoms with E-state index in [9.17, 15) is 20.3 Å². The standard InChI is InChI=1S/C29H35N5O6/c1-12-6-15-7-17-19(9-30)34-18(23(33(17)4)21(15)25(36)26(12)38-5)8-16-22(20(34)10-32-29(37)14(3)31)28-27(39-11-40-28)13(2)24(16)35/h6,14,17-20,23,35-36H,7-8,10-11,31H2,1-5H3,(H,32,37)/t14-,17-,18?,19-,20-,23+/m0/s1. The molecule has 2 aromatic carbocycles. The number of rotatable bonds is 4. The van der Waals surface area contributed by atoms with E-state index in [2.05, 4.69) is 21.2 Å². The van der Waals surface area contributed by atoms with Crippen LogP contribution in [0.25, 0.3) is 0 Å². The summed E-state index contributed by atoms with van der Waals surface area (Å²) in [7, 11) is 3.53. The molecule has 6 atom stereocenters. The lowest BCUT2D eigenvalue weighted by molar-refractivity contribution is -0.123. The maximum absolute atomic E-state index is 12.6. The highest BCUT2D eigenvalue weighted by Gasteiger charge is 2.56. The van der Waals surface area contributed by atoms with Gasteiger partial charge < -0.3 is 35.5 Å². The van der Waals surface area contributed by atoms with E-state index in [1.165, 1.54) is 0 Å². The van der Waals surface area contributed by atoms with Crippen LogP contribution >= 0.6 is 0 Å². The first-order valence-corrected chi connectivity index (χ1v) is 13.6. The van der Waals surface area contributed by atoms with Gasteiger partial charge in [-0.3, -0.25) is 14.6 Å². The van der Waals surface area contributed by atoms with Crippen molar-refractivity contribution in [3.8, 4) is 34.8 Å². The summed E-state index contributed by atoms with van der Waals surface area (Å²) in [4.78, 5) is 17.0. The Morgan fingerprint density at radius 2 is 1.95 bits per heavy atom. The molecule has 4 heterocycles. The maximum Gasteiger partial charge on any atom is 0.236 e. The van der Waals surface area contributed by atoms with Crippen molar-refractivity contribution in [2.24, 2.45) is 5.73 Å². The van der Waals surface area contributed by atoms with Crippen molar-refractivity contribution in [3.63, 3.8) is 0 Å². The second kappa shape index (κ2) is 9.44. The number of nitriles is 1. The monoisotopic (exact) mass is 549 g/mol. The molecule has 1 saturated heterocycles. The molecule has 0 aromatic heterocycles. The third-order valence-corrected chi connectivity index (χ3v) is 9.17. The molecule has 0 spiro atoms. The number of ether oxygens (including phenoxy) is 3. The van der Waals surface area contributed by atoms with Crippen LogP contribution in [-0.4, -0.2) is 77.6 Å². The van der Waals surface area contributed by atoms with Crippen LogP contribution in [0.1, 0.15) is 52.4 Å². The van der Waals surface area contributed by atoms with Gasteiger partial charge in [-0.05, 0) is 51.8 Å². The van der Waals surface area contributed by atoms with Crippen molar-refractivity contribution >= 4 is 5.91 Å². The van der Waals surface area contributed by atoms with Crippen LogP contribution in [0, 0.1) is 25.2 Å². The highest BCUT2D eigenvalue weighted by atomic mass is 16.7. The van der Waals surface area contributed by atoms with E-state index in [4.69, 9.17) is 19.9 Å². The zero-order valence-corrected chi connectivity index (χ0v) is 23.3. The molecular weight excluding hydrogens is 514 g/mol. The van der Waals surface area contributed by atoms with Crippen molar-refractivity contribution in [2.75, 3.05) is 27.5 Å². The topological polar surface area (TPSA) is 154 Å². The van der Waals surface area contributed by atoms with E-state index in [-0.39, 0.29) is 48.9 Å². The zero-order chi connectivity index (χ0) is 28.6. The van der Waals surface area contributed by atoms with Crippen molar-refractivity contribution in [2.45, 2.75) is 69.9 Å². The predicted molar refractivity (Wildman–Crippen MR) is 144 cm³/mol. The number of phenols is 2. The third kappa shape index (κ3) is 3.56. The number of aryl methyl sites for hydroxylation is 1. The van der Waals surface area contributed by atoms with Gasteiger partial charge in [-0.1, -0.05) is 6.07 Å². The van der Waals surface area contributed by atoms with Crippen molar-refractivity contribution in [3.05, 3.63) is 39.4 Å². The second-order valence-corrected chi connectivity index (χ2v) is 11.3. The molecule has 1 amide bonds. The summed E-state index contributed by atoms with van der Waals surface area (Å²) in [5.41, 5.74) is 10.4. The first kappa shape index (κ1) is 26.5. The van der Waals surface area contributed by atoms with E-state index in [0.717, 1.165) is 16.7 Å². The van der Waals surface area contributed by atoms with E-state index in [0.29, 0.717) is 46.8 Å². The number of piperazine rings is 1. The summed E-state index contributed by atoms with van der Waals surface area (Å²) in [6, 6.07) is 2.02. The van der Waals surface area contributed by atoms with Crippen molar-refractivity contribution in [1.82, 2.24) is 15.1 Å². The number of methoxy groups -OCH3 is 1. The summed E-state index contributed by atoms with van der Waals surface area (Å²) in [6.07, 6.45) is 0.955. The lowest BCUT2D eigenvalue weighted by Gasteiger charge is -2.60. The van der Waals surface area contributed by atoms with Gasteiger partial charge in [0.2, 0.25) is 12.7 Å². The summed E-state index contributed by atoms with van der Waals surface area (Å²) in [5.74, 6) is 1.33. The van der Waals surface area contributed by atoms with Crippen LogP contribution in [0.4, 0.5) is 0 Å². The van der Waals surface area contributed by atoms with Gasteiger partial charge in [-0.15, -0.1) is 0 Å². The molecule has 4 aliphatic rings. The van der Waals surface area contributed by atoms with Gasteiger partial charge in [-0.2, -0.15) is 5.26 Å². The van der Waals surface area contributed by atoms with Crippen LogP contribution in [0.3, 0.4) is 0 Å². The molecular formula is C29H35N5O6. The number of fused-ring (bicyclic) bond motifs is 9. The average molecular weight is 550 g/mol. The van der Waals surface area contributed by atoms with E-state index >= 15 is 0 Å². The molecule has 5 N–H and O–H groups in total. The van der Waals surface area contributed by atoms with Crippen LogP contribution in [0.5, 0.6) is 28.7 Å². The third-order valence-electron chi connectivity index (χ3n) is 9.17. The lowest BCUT2D eigenvalue weighted by atomic mass is 9.71. The number of aromatic hydroxyl groups is 2. The number of carbonyl (C=O) groups is 1. The Morgan fingerprint density at radius 3 is 2.62 bits per heavy atom. The SMILES string of the molecule is COc1c(C)cc2c(c1O)[C@H]1C3Cc4c(O)c(C)c5c(c4[C@H](CNC(=O)[C@H](C)N)N3[C@@H](C#N)[C@H](C2)N1C)OCO5. The van der Waals surface area contributed by atoms with Gasteiger partial charge in [0.1, 0.15) is 11.8 Å². The Labute approximate surface area is 233 Å². The minimum Gasteiger partial charge on any atom is -0.507 e. The Bertz CT molecular complexity index is 1450. The molecule has 2 bridgehead atoms. The fraction of sp³-hybridized carbons (Fsp3) is 0.517. The number of phenolic OH excluding ortho intramolecular Hbond substituents is 2. The first-order valence-electron chi connectivity index (χ1n) is 13.6. The first-order chi connectivity index (χ1) is 19.1. The fourth-order valence-corrected chi connectivity index (χ4v) is 7.40. The minimum atomic E-state index is -0.714. The summed E-state index contributed by atoms with van der Waals surface area (Å²) < 4.78 is 17.3. The number of carbonyl (C=O) groups excluding carboxylic acids is 1. The zero-order valence-electron chi connectivity index (χ0n) is 23.3.